The minimum Gasteiger partial charge on any atom is -0.396 e. The van der Waals surface area contributed by atoms with Crippen LogP contribution in [0, 0.1) is 23.7 Å². The summed E-state index contributed by atoms with van der Waals surface area (Å²) in [5.74, 6) is 11.6. The normalized spacial score (nSPS) is 9.58. The van der Waals surface area contributed by atoms with Crippen LogP contribution in [0.4, 0.5) is 0 Å². The average molecular weight is 260 g/mol. The first-order valence-corrected chi connectivity index (χ1v) is 7.07. The van der Waals surface area contributed by atoms with Crippen LogP contribution in [-0.2, 0) is 4.79 Å². The van der Waals surface area contributed by atoms with Gasteiger partial charge in [-0.05, 0) is 50.0 Å². The number of ketones is 1. The summed E-state index contributed by atoms with van der Waals surface area (Å²) in [5, 5.41) is 8.54. The van der Waals surface area contributed by atoms with Crippen LogP contribution in [0.1, 0.15) is 58.3 Å². The van der Waals surface area contributed by atoms with Gasteiger partial charge >= 0.3 is 0 Å². The third-order valence-electron chi connectivity index (χ3n) is 2.49. The van der Waals surface area contributed by atoms with E-state index in [0.29, 0.717) is 25.0 Å². The van der Waals surface area contributed by atoms with Crippen molar-refractivity contribution in [1.82, 2.24) is 0 Å². The third kappa shape index (κ3) is 14.4. The molecule has 0 heterocycles. The molecule has 0 aromatic heterocycles. The number of allylic oxidation sites excluding steroid dienone is 2. The molecule has 104 valence electrons. The van der Waals surface area contributed by atoms with Crippen molar-refractivity contribution < 1.29 is 9.90 Å². The van der Waals surface area contributed by atoms with Crippen molar-refractivity contribution in [1.29, 1.82) is 0 Å². The van der Waals surface area contributed by atoms with E-state index in [9.17, 15) is 4.79 Å². The predicted octanol–water partition coefficient (Wildman–Crippen LogP) is 3.25. The Morgan fingerprint density at radius 1 is 1.16 bits per heavy atom. The van der Waals surface area contributed by atoms with Crippen molar-refractivity contribution in [3.63, 3.8) is 0 Å². The van der Waals surface area contributed by atoms with Gasteiger partial charge in [0.2, 0.25) is 0 Å². The molecule has 0 amide bonds. The van der Waals surface area contributed by atoms with Crippen molar-refractivity contribution in [2.75, 3.05) is 6.61 Å². The number of aliphatic hydroxyl groups is 1. The predicted molar refractivity (Wildman–Crippen MR) is 79.4 cm³/mol. The Balaban J connectivity index is 3.50. The summed E-state index contributed by atoms with van der Waals surface area (Å²) < 4.78 is 0. The smallest absolute Gasteiger partial charge is 0.132 e. The van der Waals surface area contributed by atoms with E-state index >= 15 is 0 Å². The Labute approximate surface area is 117 Å². The second-order valence-electron chi connectivity index (χ2n) is 4.34. The fraction of sp³-hybridized carbons (Fsp3) is 0.588. The standard InChI is InChI=1S/C17H24O2/c1-2-14-17(19)15-12-10-8-6-4-3-5-7-9-11-13-16-18/h4,6,18H,2,8,10-16H2,1H3. The second-order valence-corrected chi connectivity index (χ2v) is 4.34. The highest BCUT2D eigenvalue weighted by Gasteiger charge is 1.98. The molecule has 0 aliphatic carbocycles. The number of Topliss-reactive ketones (excluding diaryl/α,β-unsaturated/α-hetero) is 1. The Hall–Kier alpha value is -1.51. The zero-order chi connectivity index (χ0) is 14.2. The van der Waals surface area contributed by atoms with Crippen molar-refractivity contribution >= 4 is 5.78 Å². The number of hydrogen-bond donors (Lipinski definition) is 1. The van der Waals surface area contributed by atoms with Crippen molar-refractivity contribution in [2.45, 2.75) is 58.3 Å². The molecule has 0 rings (SSSR count). The van der Waals surface area contributed by atoms with E-state index < -0.39 is 0 Å². The fourth-order valence-corrected chi connectivity index (χ4v) is 1.48. The maximum atomic E-state index is 11.3. The Kier molecular flexibility index (Phi) is 13.4. The lowest BCUT2D eigenvalue weighted by molar-refractivity contribution is -0.119. The maximum absolute atomic E-state index is 11.3. The van der Waals surface area contributed by atoms with E-state index in [4.69, 9.17) is 5.11 Å². The molecule has 2 heteroatoms. The number of hydrogen-bond acceptors (Lipinski definition) is 2. The molecule has 0 saturated heterocycles. The van der Waals surface area contributed by atoms with Crippen LogP contribution in [0.2, 0.25) is 0 Å². The number of carbonyl (C=O) groups is 1. The molecule has 0 spiro atoms. The van der Waals surface area contributed by atoms with E-state index in [1.54, 1.807) is 0 Å². The SMILES string of the molecule is CCCC(=O)CCCCC=CC#CC#CCCCO. The highest BCUT2D eigenvalue weighted by Crippen LogP contribution is 2.04. The van der Waals surface area contributed by atoms with E-state index in [-0.39, 0.29) is 6.61 Å². The van der Waals surface area contributed by atoms with Gasteiger partial charge < -0.3 is 5.11 Å². The summed E-state index contributed by atoms with van der Waals surface area (Å²) in [6, 6.07) is 0. The monoisotopic (exact) mass is 260 g/mol. The molecule has 0 aliphatic heterocycles. The van der Waals surface area contributed by atoms with E-state index in [1.165, 1.54) is 0 Å². The van der Waals surface area contributed by atoms with Gasteiger partial charge in [0.1, 0.15) is 5.78 Å². The molecular formula is C17H24O2. The third-order valence-corrected chi connectivity index (χ3v) is 2.49. The Morgan fingerprint density at radius 2 is 2.00 bits per heavy atom. The van der Waals surface area contributed by atoms with Gasteiger partial charge in [0.25, 0.3) is 0 Å². The molecule has 19 heavy (non-hydrogen) atoms. The maximum Gasteiger partial charge on any atom is 0.132 e. The number of unbranched alkanes of at least 4 members (excludes halogenated alkanes) is 3. The minimum atomic E-state index is 0.183. The molecule has 0 saturated carbocycles. The molecule has 0 unspecified atom stereocenters. The molecule has 0 aliphatic rings. The van der Waals surface area contributed by atoms with Crippen molar-refractivity contribution in [2.24, 2.45) is 0 Å². The lowest BCUT2D eigenvalue weighted by atomic mass is 10.1. The van der Waals surface area contributed by atoms with Crippen LogP contribution < -0.4 is 0 Å². The summed E-state index contributed by atoms with van der Waals surface area (Å²) in [6.45, 7) is 2.22. The van der Waals surface area contributed by atoms with E-state index in [2.05, 4.69) is 23.7 Å². The summed E-state index contributed by atoms with van der Waals surface area (Å²) in [7, 11) is 0. The van der Waals surface area contributed by atoms with Crippen LogP contribution in [0.25, 0.3) is 0 Å². The van der Waals surface area contributed by atoms with Gasteiger partial charge in [0.15, 0.2) is 0 Å². The molecule has 0 fully saturated rings. The summed E-state index contributed by atoms with van der Waals surface area (Å²) in [4.78, 5) is 11.3. The van der Waals surface area contributed by atoms with E-state index in [0.717, 1.165) is 32.1 Å². The van der Waals surface area contributed by atoms with Crippen LogP contribution in [0.3, 0.4) is 0 Å². The average Bonchev–Trinajstić information content (AvgIpc) is 2.40. The summed E-state index contributed by atoms with van der Waals surface area (Å²) >= 11 is 0. The highest BCUT2D eigenvalue weighted by molar-refractivity contribution is 5.78. The molecule has 2 nitrogen and oxygen atoms in total. The van der Waals surface area contributed by atoms with Crippen LogP contribution >= 0.6 is 0 Å². The molecule has 0 radical (unpaired) electrons. The molecule has 0 aromatic carbocycles. The van der Waals surface area contributed by atoms with Crippen LogP contribution in [-0.4, -0.2) is 17.5 Å². The number of carbonyl (C=O) groups excluding carboxylic acids is 1. The number of aliphatic hydroxyl groups excluding tert-OH is 1. The van der Waals surface area contributed by atoms with Crippen molar-refractivity contribution in [3.8, 4) is 23.7 Å². The van der Waals surface area contributed by atoms with Gasteiger partial charge in [-0.1, -0.05) is 24.8 Å². The molecule has 1 N–H and O–H groups in total. The largest absolute Gasteiger partial charge is 0.396 e. The molecule has 0 aromatic rings. The lowest BCUT2D eigenvalue weighted by Crippen LogP contribution is -1.95. The zero-order valence-corrected chi connectivity index (χ0v) is 11.9. The first-order chi connectivity index (χ1) is 9.31. The Morgan fingerprint density at radius 3 is 2.74 bits per heavy atom. The van der Waals surface area contributed by atoms with Crippen LogP contribution in [0.5, 0.6) is 0 Å². The van der Waals surface area contributed by atoms with Crippen LogP contribution in [0.15, 0.2) is 12.2 Å². The highest BCUT2D eigenvalue weighted by atomic mass is 16.2. The molecule has 0 bridgehead atoms. The van der Waals surface area contributed by atoms with Gasteiger partial charge in [-0.2, -0.15) is 0 Å². The summed E-state index contributed by atoms with van der Waals surface area (Å²) in [6.07, 6.45) is 10.6. The quantitative estimate of drug-likeness (QED) is 0.510. The van der Waals surface area contributed by atoms with E-state index in [1.807, 2.05) is 19.1 Å². The Bertz CT molecular complexity index is 372. The summed E-state index contributed by atoms with van der Waals surface area (Å²) in [5.41, 5.74) is 0. The van der Waals surface area contributed by atoms with Gasteiger partial charge in [-0.25, -0.2) is 0 Å². The topological polar surface area (TPSA) is 37.3 Å². The minimum absolute atomic E-state index is 0.183. The van der Waals surface area contributed by atoms with Gasteiger partial charge in [-0.15, -0.1) is 0 Å². The first kappa shape index (κ1) is 17.5. The fourth-order valence-electron chi connectivity index (χ4n) is 1.48. The lowest BCUT2D eigenvalue weighted by Gasteiger charge is -1.96. The molecule has 0 atom stereocenters. The number of rotatable bonds is 9. The first-order valence-electron chi connectivity index (χ1n) is 7.07. The van der Waals surface area contributed by atoms with Gasteiger partial charge in [-0.3, -0.25) is 4.79 Å². The van der Waals surface area contributed by atoms with Gasteiger partial charge in [0, 0.05) is 25.9 Å². The van der Waals surface area contributed by atoms with Crippen molar-refractivity contribution in [3.05, 3.63) is 12.2 Å². The van der Waals surface area contributed by atoms with Gasteiger partial charge in [0.05, 0.1) is 0 Å². The second kappa shape index (κ2) is 14.6. The zero-order valence-electron chi connectivity index (χ0n) is 11.9. The molecular weight excluding hydrogens is 236 g/mol.